The summed E-state index contributed by atoms with van der Waals surface area (Å²) in [6, 6.07) is 8.46. The van der Waals surface area contributed by atoms with Crippen molar-refractivity contribution in [1.29, 1.82) is 0 Å². The first-order valence-electron chi connectivity index (χ1n) is 9.45. The second kappa shape index (κ2) is 9.75. The summed E-state index contributed by atoms with van der Waals surface area (Å²) in [5.74, 6) is 0.444. The molecule has 28 heavy (non-hydrogen) atoms. The molecular weight excluding hydrogens is 364 g/mol. The Kier molecular flexibility index (Phi) is 7.65. The molecule has 8 heteroatoms. The number of hydrogen-bond donors (Lipinski definition) is 3. The summed E-state index contributed by atoms with van der Waals surface area (Å²) in [6.45, 7) is 5.52. The van der Waals surface area contributed by atoms with Gasteiger partial charge in [-0.2, -0.15) is 0 Å². The van der Waals surface area contributed by atoms with Crippen LogP contribution in [0, 0.1) is 0 Å². The van der Waals surface area contributed by atoms with Gasteiger partial charge in [-0.15, -0.1) is 0 Å². The molecule has 0 aromatic heterocycles. The molecule has 1 heterocycles. The number of para-hydroxylation sites is 1. The van der Waals surface area contributed by atoms with Crippen LogP contribution in [0.4, 0.5) is 4.79 Å². The topological polar surface area (TPSA) is 108 Å². The lowest BCUT2D eigenvalue weighted by Crippen LogP contribution is -2.48. The van der Waals surface area contributed by atoms with Gasteiger partial charge in [-0.05, 0) is 39.3 Å². The summed E-state index contributed by atoms with van der Waals surface area (Å²) in [4.78, 5) is 25.8. The van der Waals surface area contributed by atoms with Gasteiger partial charge in [-0.3, -0.25) is 4.79 Å². The van der Waals surface area contributed by atoms with Crippen molar-refractivity contribution in [2.45, 2.75) is 57.5 Å². The van der Waals surface area contributed by atoms with Crippen molar-refractivity contribution in [3.05, 3.63) is 30.3 Å². The maximum absolute atomic E-state index is 12.5. The molecule has 0 bridgehead atoms. The Morgan fingerprint density at radius 1 is 1.18 bits per heavy atom. The van der Waals surface area contributed by atoms with Gasteiger partial charge in [0, 0.05) is 13.1 Å². The zero-order chi connectivity index (χ0) is 20.7. The number of β-amino-alcohol motifs (C(OH)–C–C–N with tert-alkyl or cyclic N) is 2. The molecule has 3 N–H and O–H groups in total. The standard InChI is InChI=1S/C20H30N2O6/c1-20(2,3)28-19(26)21-16-11-14(23)12-22(13-17(16)24)18(25)9-10-27-15-7-5-4-6-8-15/h4-8,14,16-17,23-24H,9-13H2,1-3H3,(H,21,26)/t14-,16-,17-/m1/s1. The number of ether oxygens (including phenoxy) is 2. The molecule has 0 saturated carbocycles. The molecular formula is C20H30N2O6. The Balaban J connectivity index is 1.86. The van der Waals surface area contributed by atoms with Crippen LogP contribution < -0.4 is 10.1 Å². The van der Waals surface area contributed by atoms with Gasteiger partial charge in [0.05, 0.1) is 31.3 Å². The number of amides is 2. The zero-order valence-electron chi connectivity index (χ0n) is 16.6. The quantitative estimate of drug-likeness (QED) is 0.695. The molecule has 0 aliphatic carbocycles. The highest BCUT2D eigenvalue weighted by atomic mass is 16.6. The van der Waals surface area contributed by atoms with Crippen molar-refractivity contribution < 1.29 is 29.3 Å². The van der Waals surface area contributed by atoms with E-state index in [1.54, 1.807) is 32.9 Å². The fraction of sp³-hybridized carbons (Fsp3) is 0.600. The minimum atomic E-state index is -1.01. The second-order valence-electron chi connectivity index (χ2n) is 7.92. The average Bonchev–Trinajstić information content (AvgIpc) is 2.72. The number of carbonyl (C=O) groups excluding carboxylic acids is 2. The van der Waals surface area contributed by atoms with Crippen molar-refractivity contribution in [2.24, 2.45) is 0 Å². The van der Waals surface area contributed by atoms with Crippen LogP contribution in [0.25, 0.3) is 0 Å². The third-order valence-electron chi connectivity index (χ3n) is 4.21. The molecule has 156 valence electrons. The lowest BCUT2D eigenvalue weighted by Gasteiger charge is -2.26. The Hall–Kier alpha value is -2.32. The largest absolute Gasteiger partial charge is 0.493 e. The van der Waals surface area contributed by atoms with E-state index in [2.05, 4.69) is 5.32 Å². The third kappa shape index (κ3) is 7.36. The molecule has 1 aromatic carbocycles. The first-order valence-corrected chi connectivity index (χ1v) is 9.45. The Bertz CT molecular complexity index is 646. The number of nitrogens with zero attached hydrogens (tertiary/aromatic N) is 1. The molecule has 1 aliphatic heterocycles. The fourth-order valence-corrected chi connectivity index (χ4v) is 2.96. The van der Waals surface area contributed by atoms with E-state index in [-0.39, 0.29) is 38.4 Å². The van der Waals surface area contributed by atoms with Gasteiger partial charge in [-0.25, -0.2) is 4.79 Å². The van der Waals surface area contributed by atoms with Crippen LogP contribution in [0.15, 0.2) is 30.3 Å². The molecule has 1 fully saturated rings. The minimum Gasteiger partial charge on any atom is -0.493 e. The van der Waals surface area contributed by atoms with Gasteiger partial charge >= 0.3 is 6.09 Å². The molecule has 8 nitrogen and oxygen atoms in total. The van der Waals surface area contributed by atoms with Gasteiger partial charge < -0.3 is 29.9 Å². The van der Waals surface area contributed by atoms with E-state index in [4.69, 9.17) is 9.47 Å². The fourth-order valence-electron chi connectivity index (χ4n) is 2.96. The van der Waals surface area contributed by atoms with Crippen LogP contribution in [-0.4, -0.2) is 70.7 Å². The summed E-state index contributed by atoms with van der Waals surface area (Å²) in [6.07, 6.45) is -2.29. The van der Waals surface area contributed by atoms with Crippen LogP contribution in [-0.2, 0) is 9.53 Å². The number of aliphatic hydroxyl groups is 2. The molecule has 0 unspecified atom stereocenters. The van der Waals surface area contributed by atoms with E-state index in [1.165, 1.54) is 4.90 Å². The smallest absolute Gasteiger partial charge is 0.407 e. The van der Waals surface area contributed by atoms with E-state index in [9.17, 15) is 19.8 Å². The van der Waals surface area contributed by atoms with Crippen molar-refractivity contribution in [3.63, 3.8) is 0 Å². The molecule has 0 radical (unpaired) electrons. The molecule has 3 atom stereocenters. The second-order valence-corrected chi connectivity index (χ2v) is 7.92. The highest BCUT2D eigenvalue weighted by Gasteiger charge is 2.33. The molecule has 0 spiro atoms. The molecule has 2 amide bonds. The number of hydrogen-bond acceptors (Lipinski definition) is 6. The Morgan fingerprint density at radius 2 is 1.86 bits per heavy atom. The summed E-state index contributed by atoms with van der Waals surface area (Å²) in [5.41, 5.74) is -0.668. The zero-order valence-corrected chi connectivity index (χ0v) is 16.6. The maximum Gasteiger partial charge on any atom is 0.407 e. The predicted molar refractivity (Wildman–Crippen MR) is 103 cm³/mol. The number of alkyl carbamates (subject to hydrolysis) is 1. The van der Waals surface area contributed by atoms with E-state index in [1.807, 2.05) is 18.2 Å². The highest BCUT2D eigenvalue weighted by Crippen LogP contribution is 2.16. The third-order valence-corrected chi connectivity index (χ3v) is 4.21. The Morgan fingerprint density at radius 3 is 2.50 bits per heavy atom. The number of likely N-dealkylation sites (tertiary alicyclic amines) is 1. The lowest BCUT2D eigenvalue weighted by atomic mass is 10.1. The molecule has 1 aliphatic rings. The van der Waals surface area contributed by atoms with E-state index in [0.29, 0.717) is 5.75 Å². The average molecular weight is 394 g/mol. The summed E-state index contributed by atoms with van der Waals surface area (Å²) in [5, 5.41) is 23.2. The first kappa shape index (κ1) is 22.0. The number of benzene rings is 1. The monoisotopic (exact) mass is 394 g/mol. The van der Waals surface area contributed by atoms with Crippen LogP contribution in [0.3, 0.4) is 0 Å². The van der Waals surface area contributed by atoms with Gasteiger partial charge in [0.25, 0.3) is 0 Å². The molecule has 1 saturated heterocycles. The van der Waals surface area contributed by atoms with Gasteiger partial charge in [0.1, 0.15) is 11.4 Å². The number of nitrogens with one attached hydrogen (secondary N) is 1. The first-order chi connectivity index (χ1) is 13.1. The Labute approximate surface area is 165 Å². The van der Waals surface area contributed by atoms with Crippen molar-refractivity contribution in [2.75, 3.05) is 19.7 Å². The summed E-state index contributed by atoms with van der Waals surface area (Å²) in [7, 11) is 0. The SMILES string of the molecule is CC(C)(C)OC(=O)N[C@@H]1C[C@@H](O)CN(C(=O)CCOc2ccccc2)C[C@H]1O. The lowest BCUT2D eigenvalue weighted by molar-refractivity contribution is -0.133. The normalized spacial score (nSPS) is 22.9. The predicted octanol–water partition coefficient (Wildman–Crippen LogP) is 1.30. The van der Waals surface area contributed by atoms with Crippen LogP contribution in [0.2, 0.25) is 0 Å². The van der Waals surface area contributed by atoms with E-state index < -0.39 is 29.9 Å². The van der Waals surface area contributed by atoms with Crippen molar-refractivity contribution in [1.82, 2.24) is 10.2 Å². The van der Waals surface area contributed by atoms with Gasteiger partial charge in [0.2, 0.25) is 5.91 Å². The van der Waals surface area contributed by atoms with Crippen LogP contribution >= 0.6 is 0 Å². The maximum atomic E-state index is 12.5. The summed E-state index contributed by atoms with van der Waals surface area (Å²) >= 11 is 0. The van der Waals surface area contributed by atoms with Crippen molar-refractivity contribution in [3.8, 4) is 5.75 Å². The minimum absolute atomic E-state index is 0.0156. The van der Waals surface area contributed by atoms with Gasteiger partial charge in [-0.1, -0.05) is 18.2 Å². The van der Waals surface area contributed by atoms with Crippen molar-refractivity contribution >= 4 is 12.0 Å². The summed E-state index contributed by atoms with van der Waals surface area (Å²) < 4.78 is 10.7. The highest BCUT2D eigenvalue weighted by molar-refractivity contribution is 5.76. The van der Waals surface area contributed by atoms with E-state index in [0.717, 1.165) is 0 Å². The van der Waals surface area contributed by atoms with Gasteiger partial charge in [0.15, 0.2) is 0 Å². The van der Waals surface area contributed by atoms with Crippen LogP contribution in [0.5, 0.6) is 5.75 Å². The number of carbonyl (C=O) groups is 2. The molecule has 1 aromatic rings. The number of aliphatic hydroxyl groups excluding tert-OH is 2. The number of rotatable bonds is 5. The van der Waals surface area contributed by atoms with Crippen LogP contribution in [0.1, 0.15) is 33.6 Å². The van der Waals surface area contributed by atoms with E-state index >= 15 is 0 Å². The molecule has 2 rings (SSSR count).